The van der Waals surface area contributed by atoms with Crippen LogP contribution in [-0.2, 0) is 6.42 Å². The van der Waals surface area contributed by atoms with E-state index >= 15 is 0 Å². The summed E-state index contributed by atoms with van der Waals surface area (Å²) in [6.07, 6.45) is 3.41. The summed E-state index contributed by atoms with van der Waals surface area (Å²) in [5.41, 5.74) is 2.40. The standard InChI is InChI=1S/C19H32N2O/c1-6-21(7-2)13-9-10-15(3)20-17-12-8-11-16-14-19(4,5)22-18(16)17/h8,11-12,15,20H,6-7,9-10,13-14H2,1-5H3/t15-/m0/s1. The van der Waals surface area contributed by atoms with Gasteiger partial charge < -0.3 is 15.0 Å². The number of benzene rings is 1. The quantitative estimate of drug-likeness (QED) is 0.774. The molecule has 0 aromatic heterocycles. The maximum atomic E-state index is 6.13. The molecule has 22 heavy (non-hydrogen) atoms. The average molecular weight is 304 g/mol. The lowest BCUT2D eigenvalue weighted by atomic mass is 10.0. The highest BCUT2D eigenvalue weighted by molar-refractivity contribution is 5.62. The van der Waals surface area contributed by atoms with Crippen molar-refractivity contribution < 1.29 is 4.74 Å². The first-order valence-corrected chi connectivity index (χ1v) is 8.75. The summed E-state index contributed by atoms with van der Waals surface area (Å²) < 4.78 is 6.13. The summed E-state index contributed by atoms with van der Waals surface area (Å²) >= 11 is 0. The van der Waals surface area contributed by atoms with Crippen LogP contribution in [-0.4, -0.2) is 36.2 Å². The van der Waals surface area contributed by atoms with Crippen molar-refractivity contribution in [3.8, 4) is 5.75 Å². The molecule has 2 rings (SSSR count). The van der Waals surface area contributed by atoms with E-state index in [0.29, 0.717) is 6.04 Å². The predicted molar refractivity (Wildman–Crippen MR) is 95.0 cm³/mol. The van der Waals surface area contributed by atoms with Gasteiger partial charge in [-0.1, -0.05) is 26.0 Å². The fraction of sp³-hybridized carbons (Fsp3) is 0.684. The fourth-order valence-corrected chi connectivity index (χ4v) is 3.23. The van der Waals surface area contributed by atoms with Crippen molar-refractivity contribution in [1.82, 2.24) is 4.90 Å². The number of rotatable bonds is 8. The van der Waals surface area contributed by atoms with E-state index in [-0.39, 0.29) is 5.60 Å². The van der Waals surface area contributed by atoms with E-state index in [1.54, 1.807) is 0 Å². The average Bonchev–Trinajstić information content (AvgIpc) is 2.79. The van der Waals surface area contributed by atoms with Gasteiger partial charge in [-0.3, -0.25) is 0 Å². The van der Waals surface area contributed by atoms with Crippen LogP contribution in [0.3, 0.4) is 0 Å². The van der Waals surface area contributed by atoms with E-state index < -0.39 is 0 Å². The minimum atomic E-state index is -0.0773. The highest BCUT2D eigenvalue weighted by Gasteiger charge is 2.31. The third kappa shape index (κ3) is 4.39. The van der Waals surface area contributed by atoms with Crippen LogP contribution >= 0.6 is 0 Å². The smallest absolute Gasteiger partial charge is 0.146 e. The van der Waals surface area contributed by atoms with Gasteiger partial charge in [0, 0.05) is 18.0 Å². The molecular formula is C19H32N2O. The van der Waals surface area contributed by atoms with E-state index in [1.165, 1.54) is 24.9 Å². The summed E-state index contributed by atoms with van der Waals surface area (Å²) in [5, 5.41) is 3.65. The second kappa shape index (κ2) is 7.36. The molecule has 1 aromatic carbocycles. The highest BCUT2D eigenvalue weighted by atomic mass is 16.5. The largest absolute Gasteiger partial charge is 0.485 e. The molecule has 1 N–H and O–H groups in total. The number of para-hydroxylation sites is 1. The Morgan fingerprint density at radius 1 is 1.27 bits per heavy atom. The van der Waals surface area contributed by atoms with Crippen molar-refractivity contribution in [3.05, 3.63) is 23.8 Å². The van der Waals surface area contributed by atoms with Gasteiger partial charge in [-0.2, -0.15) is 0 Å². The molecule has 0 radical (unpaired) electrons. The molecule has 1 aliphatic heterocycles. The lowest BCUT2D eigenvalue weighted by Gasteiger charge is -2.22. The topological polar surface area (TPSA) is 24.5 Å². The second-order valence-electron chi connectivity index (χ2n) is 7.05. The third-order valence-electron chi connectivity index (χ3n) is 4.50. The fourth-order valence-electron chi connectivity index (χ4n) is 3.23. The molecular weight excluding hydrogens is 272 g/mol. The van der Waals surface area contributed by atoms with Gasteiger partial charge in [-0.25, -0.2) is 0 Å². The molecule has 0 saturated carbocycles. The molecule has 1 atom stereocenters. The zero-order valence-electron chi connectivity index (χ0n) is 14.9. The lowest BCUT2D eigenvalue weighted by Crippen LogP contribution is -2.26. The van der Waals surface area contributed by atoms with Crippen molar-refractivity contribution in [1.29, 1.82) is 0 Å². The van der Waals surface area contributed by atoms with Crippen molar-refractivity contribution in [2.45, 2.75) is 65.5 Å². The number of hydrogen-bond donors (Lipinski definition) is 1. The molecule has 0 fully saturated rings. The Morgan fingerprint density at radius 3 is 2.68 bits per heavy atom. The zero-order chi connectivity index (χ0) is 16.2. The molecule has 0 aliphatic carbocycles. The van der Waals surface area contributed by atoms with Crippen LogP contribution in [0, 0.1) is 0 Å². The third-order valence-corrected chi connectivity index (χ3v) is 4.50. The molecule has 1 aliphatic rings. The van der Waals surface area contributed by atoms with Gasteiger partial charge in [-0.15, -0.1) is 0 Å². The van der Waals surface area contributed by atoms with Crippen LogP contribution in [0.25, 0.3) is 0 Å². The summed E-state index contributed by atoms with van der Waals surface area (Å²) in [6.45, 7) is 14.5. The summed E-state index contributed by atoms with van der Waals surface area (Å²) in [5.74, 6) is 1.06. The van der Waals surface area contributed by atoms with E-state index in [2.05, 4.69) is 63.0 Å². The van der Waals surface area contributed by atoms with E-state index in [0.717, 1.165) is 30.9 Å². The molecule has 1 aromatic rings. The van der Waals surface area contributed by atoms with E-state index in [4.69, 9.17) is 4.74 Å². The summed E-state index contributed by atoms with van der Waals surface area (Å²) in [6, 6.07) is 6.92. The Kier molecular flexibility index (Phi) is 5.74. The summed E-state index contributed by atoms with van der Waals surface area (Å²) in [7, 11) is 0. The SMILES string of the molecule is CCN(CC)CCC[C@H](C)Nc1cccc2c1OC(C)(C)C2. The number of anilines is 1. The molecule has 124 valence electrons. The normalized spacial score (nSPS) is 17.2. The van der Waals surface area contributed by atoms with Gasteiger partial charge in [0.25, 0.3) is 0 Å². The maximum Gasteiger partial charge on any atom is 0.146 e. The Bertz CT molecular complexity index is 480. The molecule has 0 saturated heterocycles. The Morgan fingerprint density at radius 2 is 2.00 bits per heavy atom. The van der Waals surface area contributed by atoms with Gasteiger partial charge in [0.2, 0.25) is 0 Å². The first-order valence-electron chi connectivity index (χ1n) is 8.75. The summed E-state index contributed by atoms with van der Waals surface area (Å²) in [4.78, 5) is 2.48. The lowest BCUT2D eigenvalue weighted by molar-refractivity contribution is 0.139. The van der Waals surface area contributed by atoms with Crippen molar-refractivity contribution in [3.63, 3.8) is 0 Å². The van der Waals surface area contributed by atoms with Gasteiger partial charge in [0.05, 0.1) is 5.69 Å². The van der Waals surface area contributed by atoms with Crippen molar-refractivity contribution in [2.24, 2.45) is 0 Å². The van der Waals surface area contributed by atoms with Crippen LogP contribution in [0.2, 0.25) is 0 Å². The number of nitrogens with zero attached hydrogens (tertiary/aromatic N) is 1. The Labute approximate surface area is 136 Å². The molecule has 0 spiro atoms. The molecule has 0 unspecified atom stereocenters. The minimum Gasteiger partial charge on any atom is -0.485 e. The molecule has 1 heterocycles. The van der Waals surface area contributed by atoms with Crippen molar-refractivity contribution >= 4 is 5.69 Å². The van der Waals surface area contributed by atoms with Gasteiger partial charge in [-0.05, 0) is 59.3 Å². The number of fused-ring (bicyclic) bond motifs is 1. The predicted octanol–water partition coefficient (Wildman–Crippen LogP) is 4.32. The van der Waals surface area contributed by atoms with Gasteiger partial charge >= 0.3 is 0 Å². The number of ether oxygens (including phenoxy) is 1. The first kappa shape index (κ1) is 17.1. The van der Waals surface area contributed by atoms with E-state index in [9.17, 15) is 0 Å². The van der Waals surface area contributed by atoms with Crippen LogP contribution in [0.15, 0.2) is 18.2 Å². The highest BCUT2D eigenvalue weighted by Crippen LogP contribution is 2.40. The minimum absolute atomic E-state index is 0.0773. The first-order chi connectivity index (χ1) is 10.4. The van der Waals surface area contributed by atoms with Gasteiger partial charge in [0.15, 0.2) is 0 Å². The maximum absolute atomic E-state index is 6.13. The van der Waals surface area contributed by atoms with Gasteiger partial charge in [0.1, 0.15) is 11.4 Å². The number of nitrogens with one attached hydrogen (secondary N) is 1. The van der Waals surface area contributed by atoms with Crippen LogP contribution in [0.5, 0.6) is 5.75 Å². The zero-order valence-corrected chi connectivity index (χ0v) is 14.9. The molecule has 3 heteroatoms. The van der Waals surface area contributed by atoms with Crippen molar-refractivity contribution in [2.75, 3.05) is 25.0 Å². The van der Waals surface area contributed by atoms with E-state index in [1.807, 2.05) is 0 Å². The van der Waals surface area contributed by atoms with Crippen LogP contribution < -0.4 is 10.1 Å². The molecule has 3 nitrogen and oxygen atoms in total. The monoisotopic (exact) mass is 304 g/mol. The molecule has 0 bridgehead atoms. The Hall–Kier alpha value is -1.22. The Balaban J connectivity index is 1.88. The second-order valence-corrected chi connectivity index (χ2v) is 7.05. The molecule has 0 amide bonds. The van der Waals surface area contributed by atoms with Crippen LogP contribution in [0.4, 0.5) is 5.69 Å². The van der Waals surface area contributed by atoms with Crippen LogP contribution in [0.1, 0.15) is 53.0 Å². The number of hydrogen-bond acceptors (Lipinski definition) is 3.